The number of benzene rings is 4. The van der Waals surface area contributed by atoms with Crippen molar-refractivity contribution in [2.45, 2.75) is 4.90 Å². The van der Waals surface area contributed by atoms with Crippen molar-refractivity contribution in [1.82, 2.24) is 5.32 Å². The summed E-state index contributed by atoms with van der Waals surface area (Å²) in [6, 6.07) is 27.9. The second-order valence-electron chi connectivity index (χ2n) is 8.41. The molecule has 0 radical (unpaired) electrons. The SMILES string of the molecule is O=C(CSc1ccc(NC(=O)/C(=C/c2cccc(Br)c2)NC(=O)c2ccccc2)cc1)Nc1cc(Cl)cc(Cl)c1. The van der Waals surface area contributed by atoms with E-state index in [1.165, 1.54) is 11.8 Å². The van der Waals surface area contributed by atoms with Gasteiger partial charge in [-0.2, -0.15) is 0 Å². The fourth-order valence-electron chi connectivity index (χ4n) is 3.51. The van der Waals surface area contributed by atoms with E-state index in [2.05, 4.69) is 31.9 Å². The molecule has 0 spiro atoms. The quantitative estimate of drug-likeness (QED) is 0.127. The molecule has 0 aliphatic carbocycles. The van der Waals surface area contributed by atoms with Gasteiger partial charge in [0.25, 0.3) is 11.8 Å². The predicted octanol–water partition coefficient (Wildman–Crippen LogP) is 7.90. The summed E-state index contributed by atoms with van der Waals surface area (Å²) in [6.45, 7) is 0. The zero-order valence-corrected chi connectivity index (χ0v) is 24.7. The number of thioether (sulfide) groups is 1. The second-order valence-corrected chi connectivity index (χ2v) is 11.2. The molecule has 0 aliphatic rings. The van der Waals surface area contributed by atoms with Crippen LogP contribution < -0.4 is 16.0 Å². The molecular weight excluding hydrogens is 633 g/mol. The van der Waals surface area contributed by atoms with Crippen LogP contribution in [0.5, 0.6) is 0 Å². The lowest BCUT2D eigenvalue weighted by Gasteiger charge is -2.12. The minimum Gasteiger partial charge on any atom is -0.325 e. The average Bonchev–Trinajstić information content (AvgIpc) is 2.92. The normalized spacial score (nSPS) is 11.0. The number of carbonyl (C=O) groups excluding carboxylic acids is 3. The van der Waals surface area contributed by atoms with Gasteiger partial charge in [-0.1, -0.05) is 69.5 Å². The Morgan fingerprint density at radius 1 is 0.775 bits per heavy atom. The van der Waals surface area contributed by atoms with Crippen LogP contribution in [0.2, 0.25) is 10.0 Å². The molecule has 4 aromatic rings. The molecule has 0 saturated carbocycles. The molecule has 0 aliphatic heterocycles. The lowest BCUT2D eigenvalue weighted by atomic mass is 10.1. The van der Waals surface area contributed by atoms with Crippen LogP contribution in [0.3, 0.4) is 0 Å². The molecule has 3 N–H and O–H groups in total. The number of halogens is 3. The van der Waals surface area contributed by atoms with E-state index in [1.807, 2.05) is 30.3 Å². The summed E-state index contributed by atoms with van der Waals surface area (Å²) in [4.78, 5) is 39.2. The summed E-state index contributed by atoms with van der Waals surface area (Å²) >= 11 is 16.7. The van der Waals surface area contributed by atoms with Crippen LogP contribution in [-0.4, -0.2) is 23.5 Å². The van der Waals surface area contributed by atoms with Gasteiger partial charge < -0.3 is 16.0 Å². The molecule has 202 valence electrons. The van der Waals surface area contributed by atoms with Gasteiger partial charge in [0.15, 0.2) is 0 Å². The summed E-state index contributed by atoms with van der Waals surface area (Å²) in [7, 11) is 0. The molecule has 0 unspecified atom stereocenters. The average molecular weight is 655 g/mol. The number of anilines is 2. The smallest absolute Gasteiger partial charge is 0.272 e. The molecule has 4 rings (SSSR count). The molecule has 3 amide bonds. The van der Waals surface area contributed by atoms with Gasteiger partial charge in [0.1, 0.15) is 5.70 Å². The number of rotatable bonds is 9. The van der Waals surface area contributed by atoms with Crippen molar-refractivity contribution in [1.29, 1.82) is 0 Å². The van der Waals surface area contributed by atoms with Crippen LogP contribution in [0.25, 0.3) is 6.08 Å². The number of amides is 3. The predicted molar refractivity (Wildman–Crippen MR) is 167 cm³/mol. The maximum atomic E-state index is 13.2. The van der Waals surface area contributed by atoms with Gasteiger partial charge in [-0.25, -0.2) is 0 Å². The standard InChI is InChI=1S/C30H22BrCl2N3O3S/c31-21-8-4-5-19(13-21)14-27(36-29(38)20-6-2-1-3-7-20)30(39)35-24-9-11-26(12-10-24)40-18-28(37)34-25-16-22(32)15-23(33)17-25/h1-17H,18H2,(H,34,37)(H,35,39)(H,36,38)/b27-14-. The molecule has 0 bridgehead atoms. The minimum absolute atomic E-state index is 0.0863. The van der Waals surface area contributed by atoms with Crippen molar-refractivity contribution in [3.63, 3.8) is 0 Å². The van der Waals surface area contributed by atoms with Gasteiger partial charge in [0.05, 0.1) is 5.75 Å². The minimum atomic E-state index is -0.482. The first kappa shape index (κ1) is 29.4. The van der Waals surface area contributed by atoms with Crippen LogP contribution in [0.4, 0.5) is 11.4 Å². The van der Waals surface area contributed by atoms with Crippen molar-refractivity contribution in [2.24, 2.45) is 0 Å². The maximum absolute atomic E-state index is 13.2. The Morgan fingerprint density at radius 3 is 2.15 bits per heavy atom. The van der Waals surface area contributed by atoms with Gasteiger partial charge >= 0.3 is 0 Å². The Kier molecular flexibility index (Phi) is 10.4. The first-order valence-corrected chi connectivity index (χ1v) is 14.4. The molecule has 0 saturated heterocycles. The number of nitrogens with one attached hydrogen (secondary N) is 3. The highest BCUT2D eigenvalue weighted by Crippen LogP contribution is 2.24. The molecule has 4 aromatic carbocycles. The molecule has 40 heavy (non-hydrogen) atoms. The zero-order chi connectivity index (χ0) is 28.5. The van der Waals surface area contributed by atoms with E-state index in [0.29, 0.717) is 27.0 Å². The highest BCUT2D eigenvalue weighted by molar-refractivity contribution is 9.10. The van der Waals surface area contributed by atoms with Crippen LogP contribution >= 0.6 is 50.9 Å². The summed E-state index contributed by atoms with van der Waals surface area (Å²) in [6.07, 6.45) is 1.61. The highest BCUT2D eigenvalue weighted by atomic mass is 79.9. The molecule has 0 aromatic heterocycles. The summed E-state index contributed by atoms with van der Waals surface area (Å²) in [5, 5.41) is 9.17. The fraction of sp³-hybridized carbons (Fsp3) is 0.0333. The summed E-state index contributed by atoms with van der Waals surface area (Å²) in [5.41, 5.74) is 2.30. The van der Waals surface area contributed by atoms with E-state index in [9.17, 15) is 14.4 Å². The maximum Gasteiger partial charge on any atom is 0.272 e. The number of hydrogen-bond donors (Lipinski definition) is 3. The van der Waals surface area contributed by atoms with Gasteiger partial charge in [-0.05, 0) is 78.4 Å². The summed E-state index contributed by atoms with van der Waals surface area (Å²) in [5.74, 6) is -0.926. The Labute approximate surface area is 254 Å². The van der Waals surface area contributed by atoms with Crippen molar-refractivity contribution < 1.29 is 14.4 Å². The molecule has 10 heteroatoms. The van der Waals surface area contributed by atoms with Crippen molar-refractivity contribution in [3.05, 3.63) is 128 Å². The van der Waals surface area contributed by atoms with E-state index in [1.54, 1.807) is 72.8 Å². The fourth-order valence-corrected chi connectivity index (χ4v) is 5.15. The van der Waals surface area contributed by atoms with Crippen LogP contribution in [0.1, 0.15) is 15.9 Å². The largest absolute Gasteiger partial charge is 0.325 e. The summed E-state index contributed by atoms with van der Waals surface area (Å²) < 4.78 is 0.841. The van der Waals surface area contributed by atoms with Crippen LogP contribution in [-0.2, 0) is 9.59 Å². The van der Waals surface area contributed by atoms with Gasteiger partial charge in [0.2, 0.25) is 5.91 Å². The Bertz CT molecular complexity index is 1540. The van der Waals surface area contributed by atoms with E-state index in [-0.39, 0.29) is 17.4 Å². The van der Waals surface area contributed by atoms with E-state index >= 15 is 0 Å². The van der Waals surface area contributed by atoms with Crippen molar-refractivity contribution in [3.8, 4) is 0 Å². The molecule has 0 fully saturated rings. The number of carbonyl (C=O) groups is 3. The zero-order valence-electron chi connectivity index (χ0n) is 20.8. The molecule has 0 heterocycles. The molecule has 0 atom stereocenters. The van der Waals surface area contributed by atoms with Crippen LogP contribution in [0.15, 0.2) is 112 Å². The van der Waals surface area contributed by atoms with Gasteiger partial charge in [-0.3, -0.25) is 14.4 Å². The van der Waals surface area contributed by atoms with Gasteiger partial charge in [-0.15, -0.1) is 11.8 Å². The highest BCUT2D eigenvalue weighted by Gasteiger charge is 2.15. The first-order valence-electron chi connectivity index (χ1n) is 11.9. The number of hydrogen-bond acceptors (Lipinski definition) is 4. The van der Waals surface area contributed by atoms with Crippen molar-refractivity contribution in [2.75, 3.05) is 16.4 Å². The lowest BCUT2D eigenvalue weighted by Crippen LogP contribution is -2.30. The lowest BCUT2D eigenvalue weighted by molar-refractivity contribution is -0.114. The third-order valence-electron chi connectivity index (χ3n) is 5.32. The Balaban J connectivity index is 1.40. The van der Waals surface area contributed by atoms with Crippen LogP contribution in [0, 0.1) is 0 Å². The third-order valence-corrected chi connectivity index (χ3v) is 7.26. The topological polar surface area (TPSA) is 87.3 Å². The molecule has 6 nitrogen and oxygen atoms in total. The first-order chi connectivity index (χ1) is 19.2. The monoisotopic (exact) mass is 653 g/mol. The third kappa shape index (κ3) is 8.99. The Hall–Kier alpha value is -3.56. The van der Waals surface area contributed by atoms with Crippen molar-refractivity contribution >= 4 is 86.1 Å². The Morgan fingerprint density at radius 2 is 1.48 bits per heavy atom. The van der Waals surface area contributed by atoms with E-state index < -0.39 is 11.8 Å². The van der Waals surface area contributed by atoms with E-state index in [0.717, 1.165) is 14.9 Å². The van der Waals surface area contributed by atoms with Gasteiger partial charge in [0, 0.05) is 36.4 Å². The van der Waals surface area contributed by atoms with E-state index in [4.69, 9.17) is 23.2 Å². The molecular formula is C30H22BrCl2N3O3S. The second kappa shape index (κ2) is 14.2.